The quantitative estimate of drug-likeness (QED) is 0.584. The van der Waals surface area contributed by atoms with Gasteiger partial charge in [0.1, 0.15) is 5.15 Å². The Hall–Kier alpha value is -1.22. The molecule has 0 saturated carbocycles. The highest BCUT2D eigenvalue weighted by atomic mass is 35.5. The Labute approximate surface area is 82.0 Å². The zero-order valence-corrected chi connectivity index (χ0v) is 8.04. The number of halogens is 1. The number of nitrogens with one attached hydrogen (secondary N) is 1. The molecule has 0 aliphatic carbocycles. The van der Waals surface area contributed by atoms with Gasteiger partial charge in [0.25, 0.3) is 0 Å². The van der Waals surface area contributed by atoms with Gasteiger partial charge in [0.2, 0.25) is 0 Å². The van der Waals surface area contributed by atoms with Gasteiger partial charge in [-0.1, -0.05) is 11.6 Å². The third kappa shape index (κ3) is 2.95. The van der Waals surface area contributed by atoms with E-state index in [9.17, 15) is 0 Å². The molecule has 1 N–H and O–H groups in total. The van der Waals surface area contributed by atoms with Crippen molar-refractivity contribution in [1.82, 2.24) is 4.98 Å². The minimum atomic E-state index is 0.413. The van der Waals surface area contributed by atoms with Crippen molar-refractivity contribution in [2.24, 2.45) is 4.99 Å². The highest BCUT2D eigenvalue weighted by Gasteiger charge is 2.00. The summed E-state index contributed by atoms with van der Waals surface area (Å²) >= 11 is 5.68. The SMILES string of the molecule is CN=CCC(=N)c1ccnc(Cl)c1. The number of rotatable bonds is 3. The van der Waals surface area contributed by atoms with E-state index in [-0.39, 0.29) is 0 Å². The largest absolute Gasteiger partial charge is 0.304 e. The summed E-state index contributed by atoms with van der Waals surface area (Å²) < 4.78 is 0. The van der Waals surface area contributed by atoms with Crippen LogP contribution in [-0.2, 0) is 0 Å². The lowest BCUT2D eigenvalue weighted by molar-refractivity contribution is 1.30. The zero-order valence-electron chi connectivity index (χ0n) is 7.29. The maximum absolute atomic E-state index is 7.65. The van der Waals surface area contributed by atoms with E-state index in [0.29, 0.717) is 17.3 Å². The summed E-state index contributed by atoms with van der Waals surface area (Å²) in [6.45, 7) is 0. The average Bonchev–Trinajstić information content (AvgIpc) is 2.14. The Balaban J connectivity index is 2.77. The van der Waals surface area contributed by atoms with E-state index >= 15 is 0 Å². The van der Waals surface area contributed by atoms with Crippen LogP contribution in [-0.4, -0.2) is 24.0 Å². The van der Waals surface area contributed by atoms with E-state index in [1.165, 1.54) is 0 Å². The van der Waals surface area contributed by atoms with Crippen LogP contribution in [0.25, 0.3) is 0 Å². The van der Waals surface area contributed by atoms with Crippen LogP contribution in [0.3, 0.4) is 0 Å². The Bertz CT molecular complexity index is 333. The number of aliphatic imine (C=N–C) groups is 1. The molecule has 0 aliphatic rings. The van der Waals surface area contributed by atoms with E-state index in [1.54, 1.807) is 31.6 Å². The molecule has 0 atom stereocenters. The van der Waals surface area contributed by atoms with Crippen molar-refractivity contribution in [3.8, 4) is 0 Å². The van der Waals surface area contributed by atoms with Gasteiger partial charge in [0.05, 0.1) is 0 Å². The summed E-state index contributed by atoms with van der Waals surface area (Å²) in [6, 6.07) is 3.44. The van der Waals surface area contributed by atoms with Crippen molar-refractivity contribution in [2.45, 2.75) is 6.42 Å². The molecule has 1 heterocycles. The second kappa shape index (κ2) is 4.72. The molecule has 0 fully saturated rings. The van der Waals surface area contributed by atoms with Crippen molar-refractivity contribution in [1.29, 1.82) is 5.41 Å². The number of nitrogens with zero attached hydrogens (tertiary/aromatic N) is 2. The third-order valence-electron chi connectivity index (χ3n) is 1.55. The molecule has 0 aromatic carbocycles. The van der Waals surface area contributed by atoms with Gasteiger partial charge in [-0.25, -0.2) is 4.98 Å². The summed E-state index contributed by atoms with van der Waals surface area (Å²) in [6.07, 6.45) is 3.81. The highest BCUT2D eigenvalue weighted by Crippen LogP contribution is 2.08. The summed E-state index contributed by atoms with van der Waals surface area (Å²) in [7, 11) is 1.69. The molecule has 0 radical (unpaired) electrons. The first-order chi connectivity index (χ1) is 6.24. The maximum Gasteiger partial charge on any atom is 0.129 e. The van der Waals surface area contributed by atoms with Crippen LogP contribution in [0.15, 0.2) is 23.3 Å². The first-order valence-corrected chi connectivity index (χ1v) is 4.22. The smallest absolute Gasteiger partial charge is 0.129 e. The van der Waals surface area contributed by atoms with Gasteiger partial charge in [0, 0.05) is 37.2 Å². The zero-order chi connectivity index (χ0) is 9.68. The molecule has 0 unspecified atom stereocenters. The molecule has 1 aromatic rings. The predicted octanol–water partition coefficient (Wildman–Crippen LogP) is 2.19. The van der Waals surface area contributed by atoms with Gasteiger partial charge < -0.3 is 10.4 Å². The van der Waals surface area contributed by atoms with Crippen LogP contribution in [0.1, 0.15) is 12.0 Å². The van der Waals surface area contributed by atoms with Crippen LogP contribution in [0.2, 0.25) is 5.15 Å². The summed E-state index contributed by atoms with van der Waals surface area (Å²) in [5.41, 5.74) is 1.29. The van der Waals surface area contributed by atoms with Crippen LogP contribution in [0.5, 0.6) is 0 Å². The van der Waals surface area contributed by atoms with E-state index < -0.39 is 0 Å². The average molecular weight is 196 g/mol. The molecular formula is C9H10ClN3. The van der Waals surface area contributed by atoms with Gasteiger partial charge in [0.15, 0.2) is 0 Å². The Morgan fingerprint density at radius 2 is 2.54 bits per heavy atom. The van der Waals surface area contributed by atoms with Crippen molar-refractivity contribution in [2.75, 3.05) is 7.05 Å². The molecule has 0 spiro atoms. The Kier molecular flexibility index (Phi) is 3.58. The fourth-order valence-electron chi connectivity index (χ4n) is 0.891. The van der Waals surface area contributed by atoms with Gasteiger partial charge in [-0.05, 0) is 12.1 Å². The summed E-state index contributed by atoms with van der Waals surface area (Å²) in [5.74, 6) is 0. The van der Waals surface area contributed by atoms with Gasteiger partial charge in [-0.3, -0.25) is 0 Å². The molecule has 1 rings (SSSR count). The lowest BCUT2D eigenvalue weighted by Gasteiger charge is -1.99. The normalized spacial score (nSPS) is 10.6. The monoisotopic (exact) mass is 195 g/mol. The Morgan fingerprint density at radius 3 is 3.15 bits per heavy atom. The maximum atomic E-state index is 7.65. The molecule has 4 heteroatoms. The van der Waals surface area contributed by atoms with E-state index in [0.717, 1.165) is 5.56 Å². The lowest BCUT2D eigenvalue weighted by Crippen LogP contribution is -1.99. The third-order valence-corrected chi connectivity index (χ3v) is 1.76. The van der Waals surface area contributed by atoms with Crippen molar-refractivity contribution >= 4 is 23.5 Å². The molecule has 68 valence electrons. The number of hydrogen-bond donors (Lipinski definition) is 1. The Morgan fingerprint density at radius 1 is 1.77 bits per heavy atom. The van der Waals surface area contributed by atoms with Crippen molar-refractivity contribution in [3.63, 3.8) is 0 Å². The topological polar surface area (TPSA) is 49.1 Å². The van der Waals surface area contributed by atoms with E-state index in [4.69, 9.17) is 17.0 Å². The fraction of sp³-hybridized carbons (Fsp3) is 0.222. The van der Waals surface area contributed by atoms with Crippen molar-refractivity contribution in [3.05, 3.63) is 29.0 Å². The first kappa shape index (κ1) is 9.86. The minimum Gasteiger partial charge on any atom is -0.304 e. The molecule has 3 nitrogen and oxygen atoms in total. The number of pyridine rings is 1. The number of hydrogen-bond acceptors (Lipinski definition) is 3. The van der Waals surface area contributed by atoms with E-state index in [2.05, 4.69) is 9.98 Å². The summed E-state index contributed by atoms with van der Waals surface area (Å²) in [5, 5.41) is 8.06. The molecule has 13 heavy (non-hydrogen) atoms. The van der Waals surface area contributed by atoms with Crippen LogP contribution in [0, 0.1) is 5.41 Å². The molecule has 0 amide bonds. The minimum absolute atomic E-state index is 0.413. The van der Waals surface area contributed by atoms with Gasteiger partial charge >= 0.3 is 0 Å². The highest BCUT2D eigenvalue weighted by molar-refractivity contribution is 6.29. The lowest BCUT2D eigenvalue weighted by atomic mass is 10.1. The van der Waals surface area contributed by atoms with Crippen LogP contribution < -0.4 is 0 Å². The van der Waals surface area contributed by atoms with Crippen LogP contribution in [0.4, 0.5) is 0 Å². The molecule has 0 aliphatic heterocycles. The number of aromatic nitrogens is 1. The fourth-order valence-corrected chi connectivity index (χ4v) is 1.06. The van der Waals surface area contributed by atoms with Gasteiger partial charge in [-0.15, -0.1) is 0 Å². The van der Waals surface area contributed by atoms with E-state index in [1.807, 2.05) is 0 Å². The second-order valence-electron chi connectivity index (χ2n) is 2.49. The standard InChI is InChI=1S/C9H10ClN3/c1-12-4-3-8(11)7-2-5-13-9(10)6-7/h2,4-6,11H,3H2,1H3. The van der Waals surface area contributed by atoms with Crippen molar-refractivity contribution < 1.29 is 0 Å². The van der Waals surface area contributed by atoms with Gasteiger partial charge in [-0.2, -0.15) is 0 Å². The van der Waals surface area contributed by atoms with Crippen LogP contribution >= 0.6 is 11.6 Å². The summed E-state index contributed by atoms with van der Waals surface area (Å²) in [4.78, 5) is 7.65. The first-order valence-electron chi connectivity index (χ1n) is 3.84. The molecule has 1 aromatic heterocycles. The second-order valence-corrected chi connectivity index (χ2v) is 2.88. The molecule has 0 saturated heterocycles. The molecule has 0 bridgehead atoms. The predicted molar refractivity (Wildman–Crippen MR) is 55.1 cm³/mol. The molecular weight excluding hydrogens is 186 g/mol.